The first-order chi connectivity index (χ1) is 26.9. The van der Waals surface area contributed by atoms with Crippen molar-refractivity contribution in [1.82, 2.24) is 30.2 Å². The lowest BCUT2D eigenvalue weighted by molar-refractivity contribution is -0.144. The van der Waals surface area contributed by atoms with Gasteiger partial charge in [0.25, 0.3) is 5.91 Å². The van der Waals surface area contributed by atoms with Crippen LogP contribution >= 0.6 is 11.3 Å². The summed E-state index contributed by atoms with van der Waals surface area (Å²) in [5, 5.41) is 8.66. The number of carbonyl (C=O) groups excluding carboxylic acids is 4. The molecule has 3 aromatic rings. The average Bonchev–Trinajstić information content (AvgIpc) is 4.02. The third-order valence-corrected chi connectivity index (χ3v) is 14.1. The minimum absolute atomic E-state index is 0.000986. The highest BCUT2D eigenvalue weighted by Gasteiger charge is 2.62. The number of amides is 4. The molecule has 0 radical (unpaired) electrons. The first-order valence-corrected chi connectivity index (χ1v) is 22.1. The molecule has 3 N–H and O–H groups in total. The maximum atomic E-state index is 14.7. The number of thiazole rings is 1. The van der Waals surface area contributed by atoms with Crippen LogP contribution in [0.25, 0.3) is 21.6 Å². The lowest BCUT2D eigenvalue weighted by atomic mass is 9.85. The van der Waals surface area contributed by atoms with Crippen LogP contribution in [0.15, 0.2) is 35.7 Å². The molecule has 4 aliphatic rings. The lowest BCUT2D eigenvalue weighted by Crippen LogP contribution is -2.60. The van der Waals surface area contributed by atoms with E-state index in [0.717, 1.165) is 11.3 Å². The van der Waals surface area contributed by atoms with Crippen molar-refractivity contribution in [3.05, 3.63) is 47.0 Å². The number of nitrogens with zero attached hydrogens (tertiary/aromatic N) is 3. The van der Waals surface area contributed by atoms with Crippen LogP contribution < -0.4 is 24.8 Å². The van der Waals surface area contributed by atoms with E-state index < -0.39 is 68.1 Å². The van der Waals surface area contributed by atoms with Gasteiger partial charge in [-0.2, -0.15) is 0 Å². The number of aromatic nitrogens is 2. The number of hydrogen-bond donors (Lipinski definition) is 3. The van der Waals surface area contributed by atoms with Gasteiger partial charge in [-0.3, -0.25) is 23.9 Å². The lowest BCUT2D eigenvalue weighted by Gasteiger charge is -2.35. The molecule has 16 heteroatoms. The van der Waals surface area contributed by atoms with Crippen LogP contribution in [0, 0.1) is 18.3 Å². The second kappa shape index (κ2) is 15.3. The van der Waals surface area contributed by atoms with E-state index in [0.29, 0.717) is 58.8 Å². The highest BCUT2D eigenvalue weighted by molar-refractivity contribution is 7.91. The summed E-state index contributed by atoms with van der Waals surface area (Å²) >= 11 is 1.48. The number of ether oxygens (including phenoxy) is 2. The van der Waals surface area contributed by atoms with Gasteiger partial charge in [-0.05, 0) is 62.5 Å². The molecule has 2 aliphatic carbocycles. The predicted octanol–water partition coefficient (Wildman–Crippen LogP) is 4.90. The largest absolute Gasteiger partial charge is 0.496 e. The van der Waals surface area contributed by atoms with Crippen molar-refractivity contribution in [1.29, 1.82) is 0 Å². The fourth-order valence-corrected chi connectivity index (χ4v) is 9.99. The Hall–Kier alpha value is -4.57. The molecule has 4 heterocycles. The molecular weight excluding hydrogens is 769 g/mol. The number of sulfonamides is 1. The molecule has 2 aliphatic heterocycles. The number of benzene rings is 1. The van der Waals surface area contributed by atoms with Crippen molar-refractivity contribution in [2.75, 3.05) is 13.7 Å². The van der Waals surface area contributed by atoms with E-state index >= 15 is 0 Å². The van der Waals surface area contributed by atoms with Crippen LogP contribution in [0.3, 0.4) is 0 Å². The van der Waals surface area contributed by atoms with E-state index in [1.54, 1.807) is 13.2 Å². The Morgan fingerprint density at radius 2 is 1.88 bits per heavy atom. The van der Waals surface area contributed by atoms with E-state index in [1.807, 2.05) is 57.4 Å². The zero-order valence-electron chi connectivity index (χ0n) is 33.5. The highest BCUT2D eigenvalue weighted by atomic mass is 32.2. The summed E-state index contributed by atoms with van der Waals surface area (Å²) in [5.41, 5.74) is 0.760. The smallest absolute Gasteiger partial charge is 0.259 e. The predicted molar refractivity (Wildman–Crippen MR) is 216 cm³/mol. The fraction of sp³-hybridized carbons (Fsp3) is 0.561. The number of allylic oxidation sites excluding steroid dienone is 1. The van der Waals surface area contributed by atoms with Gasteiger partial charge in [-0.15, -0.1) is 11.3 Å². The molecule has 0 unspecified atom stereocenters. The number of fused-ring (bicyclic) bond motifs is 3. The third kappa shape index (κ3) is 8.25. The maximum absolute atomic E-state index is 14.7. The number of aryl methyl sites for hydroxylation is 1. The summed E-state index contributed by atoms with van der Waals surface area (Å²) in [7, 11) is -2.31. The summed E-state index contributed by atoms with van der Waals surface area (Å²) < 4.78 is 40.5. The molecule has 14 nitrogen and oxygen atoms in total. The average molecular weight is 821 g/mol. The van der Waals surface area contributed by atoms with Crippen molar-refractivity contribution in [2.45, 2.75) is 121 Å². The number of pyridine rings is 1. The van der Waals surface area contributed by atoms with Gasteiger partial charge < -0.3 is 25.0 Å². The van der Waals surface area contributed by atoms with Gasteiger partial charge in [0.2, 0.25) is 27.7 Å². The zero-order chi connectivity index (χ0) is 41.0. The highest BCUT2D eigenvalue weighted by Crippen LogP contribution is 2.46. The standard InChI is InChI=1S/C41H52N6O8S2/c1-22(2)29-21-56-37(43-29)28-18-32(27-15-16-31(54-7)23(3)34(27)42-28)55-25-17-30-36(49)45-41(39(51)46-57(52,53)26-13-14-26)19-24(41)11-9-8-10-12-33(48)44-35(40(4,5)6)38(50)47(30)20-25/h9,11,15-16,18,21-22,24-26,30,35H,8,10,12-14,17,19-20H2,1-7H3,(H,44,48)(H,45,49)(H,46,51)/t24-,25-,30+,35-,41-/m1/s1. The first kappa shape index (κ1) is 40.6. The topological polar surface area (TPSA) is 186 Å². The van der Waals surface area contributed by atoms with E-state index in [9.17, 15) is 27.6 Å². The van der Waals surface area contributed by atoms with Gasteiger partial charge in [0.15, 0.2) is 0 Å². The molecule has 5 atom stereocenters. The zero-order valence-corrected chi connectivity index (χ0v) is 35.1. The van der Waals surface area contributed by atoms with Gasteiger partial charge in [0.1, 0.15) is 45.9 Å². The molecule has 306 valence electrons. The Morgan fingerprint density at radius 3 is 2.54 bits per heavy atom. The van der Waals surface area contributed by atoms with Crippen LogP contribution in [-0.4, -0.2) is 89.5 Å². The van der Waals surface area contributed by atoms with E-state index in [2.05, 4.69) is 29.2 Å². The quantitative estimate of drug-likeness (QED) is 0.264. The van der Waals surface area contributed by atoms with Crippen molar-refractivity contribution in [3.8, 4) is 22.2 Å². The Labute approximate surface area is 337 Å². The number of nitrogens with one attached hydrogen (secondary N) is 3. The molecule has 2 saturated carbocycles. The number of rotatable bonds is 8. The van der Waals surface area contributed by atoms with Crippen LogP contribution in [0.2, 0.25) is 0 Å². The minimum Gasteiger partial charge on any atom is -0.496 e. The van der Waals surface area contributed by atoms with Crippen molar-refractivity contribution < 1.29 is 37.1 Å². The van der Waals surface area contributed by atoms with Crippen molar-refractivity contribution in [3.63, 3.8) is 0 Å². The van der Waals surface area contributed by atoms with Gasteiger partial charge in [-0.1, -0.05) is 46.8 Å². The van der Waals surface area contributed by atoms with Crippen molar-refractivity contribution in [2.24, 2.45) is 11.3 Å². The molecule has 0 bridgehead atoms. The summed E-state index contributed by atoms with van der Waals surface area (Å²) in [6, 6.07) is 3.45. The molecule has 3 fully saturated rings. The van der Waals surface area contributed by atoms with Crippen LogP contribution in [0.5, 0.6) is 11.5 Å². The SMILES string of the molecule is COc1ccc2c(O[C@@H]3C[C@H]4C(=O)N[C@]5(C(=O)NS(=O)(=O)C6CC6)C[C@H]5C=CCCCC(=O)N[C@@H](C(C)(C)C)C(=O)N4C3)cc(-c3nc(C(C)C)cs3)nc2c1C. The monoisotopic (exact) mass is 820 g/mol. The Morgan fingerprint density at radius 1 is 1.12 bits per heavy atom. The first-order valence-electron chi connectivity index (χ1n) is 19.7. The second-order valence-corrected chi connectivity index (χ2v) is 20.0. The normalized spacial score (nSPS) is 25.9. The molecule has 1 aromatic carbocycles. The maximum Gasteiger partial charge on any atom is 0.259 e. The van der Waals surface area contributed by atoms with Gasteiger partial charge >= 0.3 is 0 Å². The number of carbonyl (C=O) groups is 4. The Bertz CT molecular complexity index is 2240. The summed E-state index contributed by atoms with van der Waals surface area (Å²) in [6.07, 6.45) is 5.35. The third-order valence-electron chi connectivity index (χ3n) is 11.4. The van der Waals surface area contributed by atoms with E-state index in [4.69, 9.17) is 19.4 Å². The van der Waals surface area contributed by atoms with Crippen LogP contribution in [0.1, 0.15) is 96.7 Å². The van der Waals surface area contributed by atoms with E-state index in [1.165, 1.54) is 16.2 Å². The van der Waals surface area contributed by atoms with Crippen LogP contribution in [-0.2, 0) is 29.2 Å². The molecule has 1 saturated heterocycles. The number of methoxy groups -OCH3 is 1. The fourth-order valence-electron chi connectivity index (χ4n) is 7.69. The second-order valence-electron chi connectivity index (χ2n) is 17.1. The minimum atomic E-state index is -3.90. The summed E-state index contributed by atoms with van der Waals surface area (Å²) in [5.74, 6) is -1.26. The van der Waals surface area contributed by atoms with Crippen molar-refractivity contribution >= 4 is 55.9 Å². The number of hydrogen-bond acceptors (Lipinski definition) is 11. The van der Waals surface area contributed by atoms with Gasteiger partial charge in [0, 0.05) is 41.2 Å². The molecule has 57 heavy (non-hydrogen) atoms. The molecule has 4 amide bonds. The molecular formula is C41H52N6O8S2. The molecule has 7 rings (SSSR count). The van der Waals surface area contributed by atoms with Gasteiger partial charge in [-0.25, -0.2) is 18.4 Å². The van der Waals surface area contributed by atoms with E-state index in [-0.39, 0.29) is 37.6 Å². The molecule has 0 spiro atoms. The van der Waals surface area contributed by atoms with Gasteiger partial charge in [0.05, 0.1) is 30.1 Å². The summed E-state index contributed by atoms with van der Waals surface area (Å²) in [4.78, 5) is 67.5. The Balaban J connectivity index is 1.26. The summed E-state index contributed by atoms with van der Waals surface area (Å²) in [6.45, 7) is 11.6. The van der Waals surface area contributed by atoms with Crippen LogP contribution in [0.4, 0.5) is 0 Å². The molecule has 2 aromatic heterocycles. The Kier molecular flexibility index (Phi) is 10.9.